The number of hydrogen-bond donors (Lipinski definition) is 0. The Balaban J connectivity index is 2.05. The van der Waals surface area contributed by atoms with Gasteiger partial charge in [-0.15, -0.1) is 0 Å². The minimum atomic E-state index is -4.10. The molecule has 5 nitrogen and oxygen atoms in total. The van der Waals surface area contributed by atoms with E-state index in [9.17, 15) is 17.2 Å². The molecule has 0 saturated heterocycles. The molecule has 25 heavy (non-hydrogen) atoms. The SMILES string of the molecule is Cc1nn(C)c(S(=O)(=O)N(Cc2cccc(Br)c2)C2CC2)c1C(F)F. The fourth-order valence-corrected chi connectivity index (χ4v) is 5.39. The van der Waals surface area contributed by atoms with Gasteiger partial charge in [0.25, 0.3) is 16.4 Å². The molecule has 1 fully saturated rings. The molecule has 0 N–H and O–H groups in total. The normalized spacial score (nSPS) is 15.3. The lowest BCUT2D eigenvalue weighted by atomic mass is 10.2. The summed E-state index contributed by atoms with van der Waals surface area (Å²) in [6.45, 7) is 1.54. The largest absolute Gasteiger partial charge is 0.268 e. The molecule has 0 atom stereocenters. The summed E-state index contributed by atoms with van der Waals surface area (Å²) < 4.78 is 56.5. The van der Waals surface area contributed by atoms with Crippen molar-refractivity contribution in [1.82, 2.24) is 14.1 Å². The summed E-state index contributed by atoms with van der Waals surface area (Å²) in [5, 5.41) is 3.49. The second-order valence-corrected chi connectivity index (χ2v) is 8.86. The van der Waals surface area contributed by atoms with E-state index in [-0.39, 0.29) is 18.3 Å². The van der Waals surface area contributed by atoms with Crippen molar-refractivity contribution in [2.75, 3.05) is 0 Å². The molecular formula is C16H18BrF2N3O2S. The summed E-state index contributed by atoms with van der Waals surface area (Å²) in [5.74, 6) is 0. The highest BCUT2D eigenvalue weighted by atomic mass is 79.9. The maximum Gasteiger partial charge on any atom is 0.268 e. The van der Waals surface area contributed by atoms with Gasteiger partial charge in [-0.1, -0.05) is 28.1 Å². The maximum atomic E-state index is 13.4. The molecule has 1 aliphatic carbocycles. The van der Waals surface area contributed by atoms with Crippen LogP contribution in [0, 0.1) is 6.92 Å². The molecule has 1 aliphatic rings. The van der Waals surface area contributed by atoms with Crippen LogP contribution >= 0.6 is 15.9 Å². The topological polar surface area (TPSA) is 55.2 Å². The van der Waals surface area contributed by atoms with E-state index in [4.69, 9.17) is 0 Å². The molecule has 1 heterocycles. The van der Waals surface area contributed by atoms with Crippen LogP contribution in [0.3, 0.4) is 0 Å². The lowest BCUT2D eigenvalue weighted by Crippen LogP contribution is -2.34. The first-order chi connectivity index (χ1) is 11.7. The fourth-order valence-electron chi connectivity index (χ4n) is 2.91. The minimum Gasteiger partial charge on any atom is -0.255 e. The molecule has 0 aliphatic heterocycles. The Bertz CT molecular complexity index is 895. The van der Waals surface area contributed by atoms with Crippen LogP contribution < -0.4 is 0 Å². The molecule has 2 aromatic rings. The average Bonchev–Trinajstić information content (AvgIpc) is 3.28. The van der Waals surface area contributed by atoms with Gasteiger partial charge in [0, 0.05) is 24.1 Å². The number of nitrogens with zero attached hydrogens (tertiary/aromatic N) is 3. The van der Waals surface area contributed by atoms with Crippen LogP contribution in [0.5, 0.6) is 0 Å². The van der Waals surface area contributed by atoms with Crippen LogP contribution in [0.15, 0.2) is 33.8 Å². The van der Waals surface area contributed by atoms with Crippen molar-refractivity contribution in [2.24, 2.45) is 7.05 Å². The zero-order valence-corrected chi connectivity index (χ0v) is 16.2. The molecule has 0 radical (unpaired) electrons. The van der Waals surface area contributed by atoms with Gasteiger partial charge >= 0.3 is 0 Å². The van der Waals surface area contributed by atoms with E-state index in [0.717, 1.165) is 27.6 Å². The Kier molecular flexibility index (Phi) is 5.00. The third kappa shape index (κ3) is 3.63. The molecule has 1 aromatic carbocycles. The number of halogens is 3. The highest BCUT2D eigenvalue weighted by Gasteiger charge is 2.42. The Morgan fingerprint density at radius 2 is 2.08 bits per heavy atom. The average molecular weight is 434 g/mol. The zero-order valence-electron chi connectivity index (χ0n) is 13.8. The summed E-state index contributed by atoms with van der Waals surface area (Å²) in [5.41, 5.74) is 0.319. The van der Waals surface area contributed by atoms with Gasteiger partial charge in [0.1, 0.15) is 0 Å². The zero-order chi connectivity index (χ0) is 18.4. The van der Waals surface area contributed by atoms with Gasteiger partial charge in [-0.05, 0) is 37.5 Å². The summed E-state index contributed by atoms with van der Waals surface area (Å²) in [4.78, 5) is 0. The standard InChI is InChI=1S/C16H18BrF2N3O2S/c1-10-14(15(18)19)16(21(2)20-10)25(23,24)22(13-6-7-13)9-11-4-3-5-12(17)8-11/h3-5,8,13,15H,6-7,9H2,1-2H3. The maximum absolute atomic E-state index is 13.4. The first kappa shape index (κ1) is 18.5. The van der Waals surface area contributed by atoms with Crippen LogP contribution in [0.1, 0.15) is 36.1 Å². The molecule has 0 bridgehead atoms. The Morgan fingerprint density at radius 1 is 1.40 bits per heavy atom. The van der Waals surface area contributed by atoms with E-state index in [2.05, 4.69) is 21.0 Å². The predicted molar refractivity (Wildman–Crippen MR) is 92.8 cm³/mol. The highest BCUT2D eigenvalue weighted by Crippen LogP contribution is 2.37. The quantitative estimate of drug-likeness (QED) is 0.696. The minimum absolute atomic E-state index is 0.0364. The van der Waals surface area contributed by atoms with Crippen LogP contribution in [-0.2, 0) is 23.6 Å². The molecule has 0 unspecified atom stereocenters. The second-order valence-electron chi connectivity index (χ2n) is 6.14. The number of benzene rings is 1. The molecular weight excluding hydrogens is 416 g/mol. The van der Waals surface area contributed by atoms with Crippen LogP contribution in [-0.4, -0.2) is 28.5 Å². The summed E-state index contributed by atoms with van der Waals surface area (Å²) in [6.07, 6.45) is -1.44. The first-order valence-electron chi connectivity index (χ1n) is 7.79. The van der Waals surface area contributed by atoms with Crippen molar-refractivity contribution in [2.45, 2.75) is 43.8 Å². The van der Waals surface area contributed by atoms with E-state index in [1.165, 1.54) is 18.3 Å². The van der Waals surface area contributed by atoms with Gasteiger partial charge in [-0.25, -0.2) is 17.2 Å². The van der Waals surface area contributed by atoms with Crippen molar-refractivity contribution in [1.29, 1.82) is 0 Å². The van der Waals surface area contributed by atoms with Gasteiger partial charge in [-0.2, -0.15) is 9.40 Å². The van der Waals surface area contributed by atoms with Crippen molar-refractivity contribution in [3.05, 3.63) is 45.6 Å². The van der Waals surface area contributed by atoms with Crippen LogP contribution in [0.2, 0.25) is 0 Å². The summed E-state index contributed by atoms with van der Waals surface area (Å²) >= 11 is 3.36. The van der Waals surface area contributed by atoms with E-state index in [0.29, 0.717) is 0 Å². The lowest BCUT2D eigenvalue weighted by molar-refractivity contribution is 0.146. The van der Waals surface area contributed by atoms with E-state index in [1.54, 1.807) is 0 Å². The van der Waals surface area contributed by atoms with Crippen molar-refractivity contribution in [3.8, 4) is 0 Å². The third-order valence-corrected chi connectivity index (χ3v) is 6.68. The van der Waals surface area contributed by atoms with E-state index < -0.39 is 27.0 Å². The van der Waals surface area contributed by atoms with Crippen molar-refractivity contribution >= 4 is 26.0 Å². The summed E-state index contributed by atoms with van der Waals surface area (Å²) in [7, 11) is -2.71. The highest BCUT2D eigenvalue weighted by molar-refractivity contribution is 9.10. The van der Waals surface area contributed by atoms with Gasteiger partial charge in [0.2, 0.25) is 0 Å². The molecule has 0 amide bonds. The molecule has 1 aromatic heterocycles. The first-order valence-corrected chi connectivity index (χ1v) is 10.0. The van der Waals surface area contributed by atoms with Gasteiger partial charge < -0.3 is 0 Å². The Morgan fingerprint density at radius 3 is 2.64 bits per heavy atom. The molecule has 0 spiro atoms. The Hall–Kier alpha value is -1.32. The van der Waals surface area contributed by atoms with E-state index in [1.807, 2.05) is 24.3 Å². The monoisotopic (exact) mass is 433 g/mol. The number of aromatic nitrogens is 2. The molecule has 136 valence electrons. The number of rotatable bonds is 6. The van der Waals surface area contributed by atoms with Gasteiger partial charge in [0.05, 0.1) is 11.3 Å². The van der Waals surface area contributed by atoms with Crippen molar-refractivity contribution < 1.29 is 17.2 Å². The fraction of sp³-hybridized carbons (Fsp3) is 0.438. The van der Waals surface area contributed by atoms with Gasteiger partial charge in [-0.3, -0.25) is 4.68 Å². The smallest absolute Gasteiger partial charge is 0.255 e. The summed E-state index contributed by atoms with van der Waals surface area (Å²) in [6, 6.07) is 7.14. The number of hydrogen-bond acceptors (Lipinski definition) is 3. The number of sulfonamides is 1. The molecule has 9 heteroatoms. The molecule has 3 rings (SSSR count). The van der Waals surface area contributed by atoms with Crippen LogP contribution in [0.25, 0.3) is 0 Å². The van der Waals surface area contributed by atoms with Gasteiger partial charge in [0.15, 0.2) is 5.03 Å². The number of alkyl halides is 2. The van der Waals surface area contributed by atoms with Crippen LogP contribution in [0.4, 0.5) is 8.78 Å². The third-order valence-electron chi connectivity index (χ3n) is 4.17. The predicted octanol–water partition coefficient (Wildman–Crippen LogP) is 3.78. The lowest BCUT2D eigenvalue weighted by Gasteiger charge is -2.23. The van der Waals surface area contributed by atoms with Crippen molar-refractivity contribution in [3.63, 3.8) is 0 Å². The molecule has 1 saturated carbocycles. The Labute approximate surface area is 153 Å². The second kappa shape index (κ2) is 6.77. The van der Waals surface area contributed by atoms with E-state index >= 15 is 0 Å². The number of aryl methyl sites for hydroxylation is 2.